The molecule has 1 aliphatic heterocycles. The van der Waals surface area contributed by atoms with Crippen molar-refractivity contribution >= 4 is 11.7 Å². The van der Waals surface area contributed by atoms with Gasteiger partial charge < -0.3 is 76.1 Å². The van der Waals surface area contributed by atoms with Crippen molar-refractivity contribution in [2.24, 2.45) is 5.92 Å². The highest BCUT2D eigenvalue weighted by Crippen LogP contribution is 2.26. The first kappa shape index (κ1) is 54.4. The van der Waals surface area contributed by atoms with Crippen LogP contribution in [0.4, 0.5) is 0 Å². The molecule has 1 aliphatic rings. The van der Waals surface area contributed by atoms with E-state index in [1.165, 1.54) is 25.2 Å². The minimum atomic E-state index is -1.53. The quantitative estimate of drug-likeness (QED) is 0.0355. The lowest BCUT2D eigenvalue weighted by Gasteiger charge is -2.40. The first-order chi connectivity index (χ1) is 28.8. The van der Waals surface area contributed by atoms with Crippen molar-refractivity contribution in [3.8, 4) is 0 Å². The first-order valence-electron chi connectivity index (χ1n) is 21.5. The molecule has 350 valence electrons. The van der Waals surface area contributed by atoms with Gasteiger partial charge in [0, 0.05) is 37.3 Å². The van der Waals surface area contributed by atoms with Crippen LogP contribution in [-0.2, 0) is 14.3 Å². The number of hydrogen-bond donors (Lipinski definition) is 13. The lowest BCUT2D eigenvalue weighted by Crippen LogP contribution is -2.58. The molecule has 61 heavy (non-hydrogen) atoms. The molecule has 17 heteroatoms. The third-order valence-corrected chi connectivity index (χ3v) is 10.8. The number of amides is 1. The van der Waals surface area contributed by atoms with Crippen molar-refractivity contribution < 1.29 is 80.3 Å². The van der Waals surface area contributed by atoms with Crippen molar-refractivity contribution in [2.45, 2.75) is 190 Å². The number of ketones is 1. The lowest BCUT2D eigenvalue weighted by atomic mass is 9.91. The number of benzene rings is 1. The number of carbonyl (C=O) groups excluding carboxylic acids is 2. The number of carbonyl (C=O) groups is 2. The van der Waals surface area contributed by atoms with Crippen LogP contribution in [0.5, 0.6) is 0 Å². The Morgan fingerprint density at radius 2 is 1.21 bits per heavy atom. The standard InChI is InChI=1S/C44H73NO16/c1-4-39(61-44-42(58)41(57)40(56)27(3)60-44)26(2)38(55)25-37(54)24-36(53)22-32(49)16-9-15-31(48)21-35(52)23-34(51)20-30(47)14-8-13-29(46)19-33(50)17-10-18-45-43(59)28-11-6-5-7-12-28/h5-9,11-12,14,16,26-27,29-37,39-42,44,46-54,56-58H,4,10,13,15,17-25H2,1-3H3,(H,45,59). The zero-order valence-corrected chi connectivity index (χ0v) is 35.6. The van der Waals surface area contributed by atoms with Crippen LogP contribution in [0, 0.1) is 5.92 Å². The van der Waals surface area contributed by atoms with Crippen LogP contribution in [0.25, 0.3) is 0 Å². The highest BCUT2D eigenvalue weighted by molar-refractivity contribution is 5.94. The summed E-state index contributed by atoms with van der Waals surface area (Å²) in [4.78, 5) is 25.0. The molecule has 0 spiro atoms. The van der Waals surface area contributed by atoms with Gasteiger partial charge in [-0.25, -0.2) is 0 Å². The molecule has 0 saturated carbocycles. The average molecular weight is 872 g/mol. The molecule has 16 unspecified atom stereocenters. The van der Waals surface area contributed by atoms with E-state index in [2.05, 4.69) is 5.32 Å². The highest BCUT2D eigenvalue weighted by Gasteiger charge is 2.44. The summed E-state index contributed by atoms with van der Waals surface area (Å²) in [6.07, 6.45) is -10.3. The van der Waals surface area contributed by atoms with Crippen LogP contribution in [0.1, 0.15) is 108 Å². The second kappa shape index (κ2) is 28.9. The predicted molar refractivity (Wildman–Crippen MR) is 224 cm³/mol. The molecule has 1 fully saturated rings. The maximum Gasteiger partial charge on any atom is 0.251 e. The fourth-order valence-corrected chi connectivity index (χ4v) is 7.16. The summed E-state index contributed by atoms with van der Waals surface area (Å²) in [5.41, 5.74) is 0.549. The van der Waals surface area contributed by atoms with E-state index < -0.39 is 97.7 Å². The topological polar surface area (TPSA) is 307 Å². The fraction of sp³-hybridized carbons (Fsp3) is 0.727. The monoisotopic (exact) mass is 871 g/mol. The second-order valence-corrected chi connectivity index (χ2v) is 16.4. The summed E-state index contributed by atoms with van der Waals surface area (Å²) in [6, 6.07) is 8.77. The van der Waals surface area contributed by atoms with Crippen molar-refractivity contribution in [3.63, 3.8) is 0 Å². The Morgan fingerprint density at radius 3 is 1.77 bits per heavy atom. The van der Waals surface area contributed by atoms with Gasteiger partial charge in [0.1, 0.15) is 24.1 Å². The maximum atomic E-state index is 12.9. The number of ether oxygens (including phenoxy) is 2. The minimum Gasteiger partial charge on any atom is -0.393 e. The van der Waals surface area contributed by atoms with Gasteiger partial charge in [0.25, 0.3) is 5.91 Å². The molecule has 1 aromatic rings. The summed E-state index contributed by atoms with van der Waals surface area (Å²) in [5, 5.41) is 126. The minimum absolute atomic E-state index is 0.0462. The molecule has 2 rings (SSSR count). The third kappa shape index (κ3) is 21.5. The molecule has 1 aromatic carbocycles. The summed E-state index contributed by atoms with van der Waals surface area (Å²) < 4.78 is 11.3. The van der Waals surface area contributed by atoms with Crippen LogP contribution >= 0.6 is 0 Å². The zero-order valence-electron chi connectivity index (χ0n) is 35.6. The Bertz CT molecular complexity index is 1420. The summed E-state index contributed by atoms with van der Waals surface area (Å²) in [5.74, 6) is -1.32. The van der Waals surface area contributed by atoms with E-state index in [0.29, 0.717) is 31.4 Å². The normalized spacial score (nSPS) is 25.3. The highest BCUT2D eigenvalue weighted by atomic mass is 16.7. The van der Waals surface area contributed by atoms with E-state index in [0.717, 1.165) is 0 Å². The van der Waals surface area contributed by atoms with E-state index in [1.54, 1.807) is 44.2 Å². The smallest absolute Gasteiger partial charge is 0.251 e. The Balaban J connectivity index is 1.61. The van der Waals surface area contributed by atoms with Gasteiger partial charge >= 0.3 is 0 Å². The molecule has 16 atom stereocenters. The van der Waals surface area contributed by atoms with Crippen LogP contribution < -0.4 is 5.32 Å². The van der Waals surface area contributed by atoms with E-state index in [9.17, 15) is 70.9 Å². The van der Waals surface area contributed by atoms with Gasteiger partial charge in [-0.15, -0.1) is 0 Å². The predicted octanol–water partition coefficient (Wildman–Crippen LogP) is -0.104. The Kier molecular flexibility index (Phi) is 25.7. The van der Waals surface area contributed by atoms with Crippen molar-refractivity contribution in [2.75, 3.05) is 6.54 Å². The number of Topliss-reactive ketones (excluding diaryl/α,β-unsaturated/α-hetero) is 1. The van der Waals surface area contributed by atoms with Crippen molar-refractivity contribution in [3.05, 3.63) is 60.2 Å². The maximum absolute atomic E-state index is 12.9. The Morgan fingerprint density at radius 1 is 0.705 bits per heavy atom. The Labute approximate surface area is 359 Å². The Hall–Kier alpha value is -2.72. The van der Waals surface area contributed by atoms with E-state index >= 15 is 0 Å². The van der Waals surface area contributed by atoms with Crippen LogP contribution in [0.2, 0.25) is 0 Å². The second-order valence-electron chi connectivity index (χ2n) is 16.4. The number of nitrogens with one attached hydrogen (secondary N) is 1. The number of aliphatic hydroxyl groups is 12. The molecule has 0 radical (unpaired) electrons. The largest absolute Gasteiger partial charge is 0.393 e. The van der Waals surface area contributed by atoms with Crippen LogP contribution in [0.3, 0.4) is 0 Å². The average Bonchev–Trinajstić information content (AvgIpc) is 3.19. The van der Waals surface area contributed by atoms with E-state index in [1.807, 2.05) is 6.07 Å². The van der Waals surface area contributed by atoms with Crippen LogP contribution in [0.15, 0.2) is 54.6 Å². The zero-order chi connectivity index (χ0) is 45.6. The lowest BCUT2D eigenvalue weighted by molar-refractivity contribution is -0.306. The molecule has 13 N–H and O–H groups in total. The first-order valence-corrected chi connectivity index (χ1v) is 21.5. The third-order valence-electron chi connectivity index (χ3n) is 10.8. The van der Waals surface area contributed by atoms with Gasteiger partial charge in [-0.3, -0.25) is 9.59 Å². The molecular weight excluding hydrogens is 798 g/mol. The molecule has 1 saturated heterocycles. The fourth-order valence-electron chi connectivity index (χ4n) is 7.16. The summed E-state index contributed by atoms with van der Waals surface area (Å²) in [7, 11) is 0. The van der Waals surface area contributed by atoms with Crippen LogP contribution in [-0.4, -0.2) is 171 Å². The van der Waals surface area contributed by atoms with E-state index in [-0.39, 0.29) is 69.5 Å². The van der Waals surface area contributed by atoms with E-state index in [4.69, 9.17) is 9.47 Å². The number of hydrogen-bond acceptors (Lipinski definition) is 16. The summed E-state index contributed by atoms with van der Waals surface area (Å²) >= 11 is 0. The van der Waals surface area contributed by atoms with Crippen molar-refractivity contribution in [1.82, 2.24) is 5.32 Å². The van der Waals surface area contributed by atoms with Crippen molar-refractivity contribution in [1.29, 1.82) is 0 Å². The molecule has 0 bridgehead atoms. The van der Waals surface area contributed by atoms with Gasteiger partial charge in [-0.1, -0.05) is 56.4 Å². The molecule has 0 aromatic heterocycles. The van der Waals surface area contributed by atoms with Gasteiger partial charge in [-0.05, 0) is 76.8 Å². The molecule has 1 amide bonds. The molecule has 0 aliphatic carbocycles. The van der Waals surface area contributed by atoms with Gasteiger partial charge in [0.2, 0.25) is 0 Å². The van der Waals surface area contributed by atoms with Gasteiger partial charge in [-0.2, -0.15) is 0 Å². The SMILES string of the molecule is CCC(OC1OC(C)C(O)C(O)C1O)C(C)C(=O)CC(O)CC(O)CC(O)C=CCC(O)CC(O)CC(O)CC(O)C=CCC(O)CC(O)CCCNC(=O)c1ccccc1. The molecular formula is C44H73NO16. The summed E-state index contributed by atoms with van der Waals surface area (Å²) in [6.45, 7) is 5.23. The number of rotatable bonds is 30. The van der Waals surface area contributed by atoms with Gasteiger partial charge in [0.15, 0.2) is 6.29 Å². The number of aliphatic hydroxyl groups excluding tert-OH is 12. The molecule has 1 heterocycles. The molecule has 17 nitrogen and oxygen atoms in total. The van der Waals surface area contributed by atoms with Gasteiger partial charge in [0.05, 0.1) is 67.1 Å².